The van der Waals surface area contributed by atoms with Gasteiger partial charge in [-0.2, -0.15) is 0 Å². The number of methoxy groups -OCH3 is 1. The maximum absolute atomic E-state index is 12.1. The van der Waals surface area contributed by atoms with Gasteiger partial charge in [-0.05, 0) is 64.8 Å². The molecule has 0 aromatic heterocycles. The first kappa shape index (κ1) is 14.4. The molecule has 0 bridgehead atoms. The number of nitrogen functional groups attached to an aromatic ring is 1. The van der Waals surface area contributed by atoms with Gasteiger partial charge < -0.3 is 15.8 Å². The lowest BCUT2D eigenvalue weighted by Gasteiger charge is -2.09. The number of hydrogen-bond donors (Lipinski definition) is 2. The van der Waals surface area contributed by atoms with E-state index in [-0.39, 0.29) is 5.91 Å². The van der Waals surface area contributed by atoms with Crippen LogP contribution < -0.4 is 15.8 Å². The first-order valence-electron chi connectivity index (χ1n) is 6.02. The van der Waals surface area contributed by atoms with Gasteiger partial charge in [0.05, 0.1) is 7.11 Å². The topological polar surface area (TPSA) is 64.3 Å². The molecule has 0 spiro atoms. The predicted molar refractivity (Wildman–Crippen MR) is 84.2 cm³/mol. The number of amides is 1. The third kappa shape index (κ3) is 3.11. The highest BCUT2D eigenvalue weighted by molar-refractivity contribution is 9.10. The number of halogens is 1. The van der Waals surface area contributed by atoms with Gasteiger partial charge in [0.25, 0.3) is 5.91 Å². The molecule has 0 aliphatic carbocycles. The highest BCUT2D eigenvalue weighted by Gasteiger charge is 2.09. The Bertz CT molecular complexity index is 656. The molecule has 2 aromatic rings. The van der Waals surface area contributed by atoms with Crippen molar-refractivity contribution in [3.8, 4) is 5.75 Å². The standard InChI is InChI=1S/C15H15BrN2O2/c1-9-7-11(4-6-14(9)20-2)18-15(19)10-3-5-12(16)13(17)8-10/h3-8H,17H2,1-2H3,(H,18,19). The van der Waals surface area contributed by atoms with Gasteiger partial charge in [-0.15, -0.1) is 0 Å². The van der Waals surface area contributed by atoms with E-state index >= 15 is 0 Å². The molecule has 0 fully saturated rings. The van der Waals surface area contributed by atoms with Crippen LogP contribution in [0.25, 0.3) is 0 Å². The van der Waals surface area contributed by atoms with Crippen molar-refractivity contribution in [1.82, 2.24) is 0 Å². The SMILES string of the molecule is COc1ccc(NC(=O)c2ccc(Br)c(N)c2)cc1C. The molecule has 0 saturated heterocycles. The van der Waals surface area contributed by atoms with E-state index in [1.165, 1.54) is 0 Å². The Morgan fingerprint density at radius 3 is 2.60 bits per heavy atom. The average Bonchev–Trinajstić information content (AvgIpc) is 2.42. The monoisotopic (exact) mass is 334 g/mol. The fourth-order valence-electron chi connectivity index (χ4n) is 1.84. The Hall–Kier alpha value is -2.01. The van der Waals surface area contributed by atoms with Crippen molar-refractivity contribution in [2.24, 2.45) is 0 Å². The normalized spacial score (nSPS) is 10.2. The lowest BCUT2D eigenvalue weighted by Crippen LogP contribution is -2.12. The first-order chi connectivity index (χ1) is 9.51. The van der Waals surface area contributed by atoms with Gasteiger partial charge in [-0.1, -0.05) is 0 Å². The van der Waals surface area contributed by atoms with Gasteiger partial charge in [-0.25, -0.2) is 0 Å². The van der Waals surface area contributed by atoms with Gasteiger partial charge in [0.2, 0.25) is 0 Å². The minimum atomic E-state index is -0.200. The summed E-state index contributed by atoms with van der Waals surface area (Å²) < 4.78 is 5.96. The molecule has 2 aromatic carbocycles. The summed E-state index contributed by atoms with van der Waals surface area (Å²) in [5, 5.41) is 2.83. The van der Waals surface area contributed by atoms with Crippen LogP contribution in [0, 0.1) is 6.92 Å². The molecule has 1 amide bonds. The van der Waals surface area contributed by atoms with Crippen molar-refractivity contribution < 1.29 is 9.53 Å². The molecule has 2 rings (SSSR count). The number of hydrogen-bond acceptors (Lipinski definition) is 3. The van der Waals surface area contributed by atoms with Crippen LogP contribution in [-0.4, -0.2) is 13.0 Å². The van der Waals surface area contributed by atoms with Gasteiger partial charge in [-0.3, -0.25) is 4.79 Å². The molecule has 3 N–H and O–H groups in total. The fraction of sp³-hybridized carbons (Fsp3) is 0.133. The number of nitrogens with two attached hydrogens (primary N) is 1. The summed E-state index contributed by atoms with van der Waals surface area (Å²) >= 11 is 3.30. The number of ether oxygens (including phenoxy) is 1. The summed E-state index contributed by atoms with van der Waals surface area (Å²) in [4.78, 5) is 12.1. The van der Waals surface area contributed by atoms with Crippen LogP contribution >= 0.6 is 15.9 Å². The molecule has 0 aliphatic rings. The zero-order valence-corrected chi connectivity index (χ0v) is 12.8. The largest absolute Gasteiger partial charge is 0.496 e. The lowest BCUT2D eigenvalue weighted by molar-refractivity contribution is 0.102. The summed E-state index contributed by atoms with van der Waals surface area (Å²) in [5.74, 6) is 0.588. The van der Waals surface area contributed by atoms with E-state index in [0.29, 0.717) is 11.3 Å². The van der Waals surface area contributed by atoms with Crippen LogP contribution in [0.15, 0.2) is 40.9 Å². The number of carbonyl (C=O) groups is 1. The maximum Gasteiger partial charge on any atom is 0.255 e. The second-order valence-electron chi connectivity index (χ2n) is 4.37. The van der Waals surface area contributed by atoms with E-state index in [4.69, 9.17) is 10.5 Å². The third-order valence-electron chi connectivity index (χ3n) is 2.91. The van der Waals surface area contributed by atoms with Gasteiger partial charge in [0.15, 0.2) is 0 Å². The van der Waals surface area contributed by atoms with Gasteiger partial charge >= 0.3 is 0 Å². The summed E-state index contributed by atoms with van der Waals surface area (Å²) in [7, 11) is 1.62. The number of carbonyl (C=O) groups excluding carboxylic acids is 1. The molecule has 0 radical (unpaired) electrons. The van der Waals surface area contributed by atoms with Crippen molar-refractivity contribution in [3.63, 3.8) is 0 Å². The van der Waals surface area contributed by atoms with Crippen LogP contribution in [0.2, 0.25) is 0 Å². The Kier molecular flexibility index (Phi) is 4.29. The van der Waals surface area contributed by atoms with E-state index in [0.717, 1.165) is 21.5 Å². The lowest BCUT2D eigenvalue weighted by atomic mass is 10.1. The molecule has 0 saturated carbocycles. The fourth-order valence-corrected chi connectivity index (χ4v) is 2.09. The Balaban J connectivity index is 2.19. The molecule has 20 heavy (non-hydrogen) atoms. The summed E-state index contributed by atoms with van der Waals surface area (Å²) in [6.07, 6.45) is 0. The molecule has 104 valence electrons. The Morgan fingerprint density at radius 1 is 1.25 bits per heavy atom. The summed E-state index contributed by atoms with van der Waals surface area (Å²) in [6.45, 7) is 1.92. The van der Waals surface area contributed by atoms with Gasteiger partial charge in [0, 0.05) is 21.4 Å². The Morgan fingerprint density at radius 2 is 2.00 bits per heavy atom. The van der Waals surface area contributed by atoms with Crippen molar-refractivity contribution in [2.75, 3.05) is 18.2 Å². The van der Waals surface area contributed by atoms with Crippen molar-refractivity contribution in [1.29, 1.82) is 0 Å². The van der Waals surface area contributed by atoms with Crippen molar-refractivity contribution in [3.05, 3.63) is 52.0 Å². The third-order valence-corrected chi connectivity index (χ3v) is 3.63. The number of rotatable bonds is 3. The second kappa shape index (κ2) is 5.96. The van der Waals surface area contributed by atoms with Crippen LogP contribution in [0.4, 0.5) is 11.4 Å². The molecular formula is C15H15BrN2O2. The zero-order valence-electron chi connectivity index (χ0n) is 11.2. The highest BCUT2D eigenvalue weighted by atomic mass is 79.9. The summed E-state index contributed by atoms with van der Waals surface area (Å²) in [6, 6.07) is 10.6. The first-order valence-corrected chi connectivity index (χ1v) is 6.81. The number of benzene rings is 2. The number of aryl methyl sites for hydroxylation is 1. The molecule has 0 unspecified atom stereocenters. The van der Waals surface area contributed by atoms with Gasteiger partial charge in [0.1, 0.15) is 5.75 Å². The van der Waals surface area contributed by atoms with E-state index < -0.39 is 0 Å². The molecule has 5 heteroatoms. The number of nitrogens with one attached hydrogen (secondary N) is 1. The van der Waals surface area contributed by atoms with E-state index in [1.54, 1.807) is 31.4 Å². The van der Waals surface area contributed by atoms with Crippen molar-refractivity contribution in [2.45, 2.75) is 6.92 Å². The van der Waals surface area contributed by atoms with Crippen LogP contribution in [0.3, 0.4) is 0 Å². The minimum absolute atomic E-state index is 0.200. The Labute approximate surface area is 126 Å². The smallest absolute Gasteiger partial charge is 0.255 e. The zero-order chi connectivity index (χ0) is 14.7. The summed E-state index contributed by atoms with van der Waals surface area (Å²) in [5.41, 5.74) is 8.49. The van der Waals surface area contributed by atoms with E-state index in [2.05, 4.69) is 21.2 Å². The molecule has 0 aliphatic heterocycles. The minimum Gasteiger partial charge on any atom is -0.496 e. The molecule has 4 nitrogen and oxygen atoms in total. The second-order valence-corrected chi connectivity index (χ2v) is 5.23. The van der Waals surface area contributed by atoms with Crippen molar-refractivity contribution >= 4 is 33.2 Å². The predicted octanol–water partition coefficient (Wildman–Crippen LogP) is 3.60. The molecule has 0 heterocycles. The van der Waals surface area contributed by atoms with Crippen LogP contribution in [0.5, 0.6) is 5.75 Å². The molecular weight excluding hydrogens is 320 g/mol. The van der Waals surface area contributed by atoms with Crippen LogP contribution in [-0.2, 0) is 0 Å². The quantitative estimate of drug-likeness (QED) is 0.843. The van der Waals surface area contributed by atoms with E-state index in [9.17, 15) is 4.79 Å². The molecule has 0 atom stereocenters. The number of anilines is 2. The van der Waals surface area contributed by atoms with Crippen LogP contribution in [0.1, 0.15) is 15.9 Å². The highest BCUT2D eigenvalue weighted by Crippen LogP contribution is 2.23. The van der Waals surface area contributed by atoms with E-state index in [1.807, 2.05) is 19.1 Å². The maximum atomic E-state index is 12.1. The average molecular weight is 335 g/mol.